The molecule has 1 atom stereocenters. The monoisotopic (exact) mass is 196 g/mol. The maximum Gasteiger partial charge on any atom is 0.0592 e. The topological polar surface area (TPSA) is 24.9 Å². The smallest absolute Gasteiger partial charge is 0.0592 e. The van der Waals surface area contributed by atoms with Crippen LogP contribution < -0.4 is 5.32 Å². The molecule has 1 N–H and O–H groups in total. The molecule has 0 saturated carbocycles. The van der Waals surface area contributed by atoms with E-state index < -0.39 is 0 Å². The summed E-state index contributed by atoms with van der Waals surface area (Å²) in [6.07, 6.45) is 3.41. The second kappa shape index (κ2) is 4.40. The summed E-state index contributed by atoms with van der Waals surface area (Å²) in [5.74, 6) is 0. The zero-order valence-electron chi connectivity index (χ0n) is 7.84. The van der Waals surface area contributed by atoms with Crippen molar-refractivity contribution in [2.45, 2.75) is 13.0 Å². The molecule has 0 bridgehead atoms. The number of pyridine rings is 1. The minimum absolute atomic E-state index is 0.131. The molecule has 0 aromatic carbocycles. The van der Waals surface area contributed by atoms with E-state index in [0.29, 0.717) is 5.02 Å². The van der Waals surface area contributed by atoms with Crippen LogP contribution in [0.1, 0.15) is 18.5 Å². The molecule has 1 heterocycles. The second-order valence-electron chi connectivity index (χ2n) is 3.00. The Morgan fingerprint density at radius 2 is 2.31 bits per heavy atom. The first-order chi connectivity index (χ1) is 6.15. The summed E-state index contributed by atoms with van der Waals surface area (Å²) in [5.41, 5.74) is 2.09. The Bertz CT molecular complexity index is 310. The van der Waals surface area contributed by atoms with Crippen molar-refractivity contribution in [3.63, 3.8) is 0 Å². The van der Waals surface area contributed by atoms with Crippen molar-refractivity contribution in [1.82, 2.24) is 10.3 Å². The number of aromatic nitrogens is 1. The molecule has 0 aliphatic carbocycles. The summed E-state index contributed by atoms with van der Waals surface area (Å²) in [4.78, 5) is 4.02. The molecule has 70 valence electrons. The van der Waals surface area contributed by atoms with Crippen LogP contribution in [0.4, 0.5) is 0 Å². The van der Waals surface area contributed by atoms with Crippen molar-refractivity contribution in [3.05, 3.63) is 41.2 Å². The number of rotatable bonds is 3. The molecule has 2 nitrogen and oxygen atoms in total. The molecule has 0 spiro atoms. The molecule has 1 rings (SSSR count). The van der Waals surface area contributed by atoms with Crippen LogP contribution in [0.2, 0.25) is 5.02 Å². The van der Waals surface area contributed by atoms with Gasteiger partial charge in [-0.05, 0) is 25.6 Å². The summed E-state index contributed by atoms with van der Waals surface area (Å²) in [6.45, 7) is 5.87. The Balaban J connectivity index is 2.98. The lowest BCUT2D eigenvalue weighted by Crippen LogP contribution is -2.17. The van der Waals surface area contributed by atoms with E-state index in [2.05, 4.69) is 16.9 Å². The molecule has 13 heavy (non-hydrogen) atoms. The maximum atomic E-state index is 5.83. The third-order valence-electron chi connectivity index (χ3n) is 1.84. The van der Waals surface area contributed by atoms with Gasteiger partial charge in [0.05, 0.1) is 11.1 Å². The number of nitrogens with one attached hydrogen (secondary N) is 1. The van der Waals surface area contributed by atoms with Crippen LogP contribution >= 0.6 is 11.6 Å². The molecule has 1 aromatic rings. The second-order valence-corrected chi connectivity index (χ2v) is 3.44. The Hall–Kier alpha value is -0.860. The Kier molecular flexibility index (Phi) is 3.46. The first-order valence-corrected chi connectivity index (χ1v) is 4.46. The van der Waals surface area contributed by atoms with E-state index in [0.717, 1.165) is 11.1 Å². The van der Waals surface area contributed by atoms with Crippen molar-refractivity contribution >= 4 is 11.6 Å². The number of hydrogen-bond acceptors (Lipinski definition) is 2. The summed E-state index contributed by atoms with van der Waals surface area (Å²) in [7, 11) is 1.89. The van der Waals surface area contributed by atoms with Gasteiger partial charge in [0, 0.05) is 12.4 Å². The molecular formula is C10H13ClN2. The first kappa shape index (κ1) is 10.2. The number of halogens is 1. The van der Waals surface area contributed by atoms with E-state index in [4.69, 9.17) is 11.6 Å². The van der Waals surface area contributed by atoms with Gasteiger partial charge in [-0.15, -0.1) is 0 Å². The fourth-order valence-corrected chi connectivity index (χ4v) is 1.47. The number of likely N-dealkylation sites (N-methyl/N-ethyl adjacent to an activating group) is 1. The molecule has 0 amide bonds. The van der Waals surface area contributed by atoms with Gasteiger partial charge >= 0.3 is 0 Å². The fraction of sp³-hybridized carbons (Fsp3) is 0.300. The van der Waals surface area contributed by atoms with E-state index in [9.17, 15) is 0 Å². The van der Waals surface area contributed by atoms with E-state index in [-0.39, 0.29) is 6.04 Å². The zero-order chi connectivity index (χ0) is 9.84. The molecule has 0 saturated heterocycles. The third kappa shape index (κ3) is 2.54. The van der Waals surface area contributed by atoms with Gasteiger partial charge in [-0.2, -0.15) is 0 Å². The lowest BCUT2D eigenvalue weighted by molar-refractivity contribution is 0.677. The molecule has 3 heteroatoms. The van der Waals surface area contributed by atoms with Crippen LogP contribution in [0.15, 0.2) is 30.6 Å². The van der Waals surface area contributed by atoms with E-state index >= 15 is 0 Å². The zero-order valence-corrected chi connectivity index (χ0v) is 8.60. The van der Waals surface area contributed by atoms with Crippen LogP contribution in [0, 0.1) is 0 Å². The van der Waals surface area contributed by atoms with Gasteiger partial charge in [0.2, 0.25) is 0 Å². The highest BCUT2D eigenvalue weighted by atomic mass is 35.5. The molecule has 0 aliphatic rings. The van der Waals surface area contributed by atoms with Gasteiger partial charge in [-0.1, -0.05) is 23.8 Å². The Morgan fingerprint density at radius 3 is 2.77 bits per heavy atom. The van der Waals surface area contributed by atoms with Gasteiger partial charge in [-0.25, -0.2) is 0 Å². The van der Waals surface area contributed by atoms with Crippen molar-refractivity contribution in [1.29, 1.82) is 0 Å². The summed E-state index contributed by atoms with van der Waals surface area (Å²) in [6, 6.07) is 2.02. The molecule has 0 fully saturated rings. The average Bonchev–Trinajstić information content (AvgIpc) is 2.04. The Labute approximate surface area is 83.6 Å². The van der Waals surface area contributed by atoms with Gasteiger partial charge in [0.15, 0.2) is 0 Å². The van der Waals surface area contributed by atoms with E-state index in [1.54, 1.807) is 12.4 Å². The number of hydrogen-bond donors (Lipinski definition) is 1. The van der Waals surface area contributed by atoms with Gasteiger partial charge in [0.1, 0.15) is 0 Å². The summed E-state index contributed by atoms with van der Waals surface area (Å²) in [5, 5.41) is 3.80. The van der Waals surface area contributed by atoms with Crippen LogP contribution in [0.3, 0.4) is 0 Å². The van der Waals surface area contributed by atoms with Crippen LogP contribution in [0.25, 0.3) is 0 Å². The third-order valence-corrected chi connectivity index (χ3v) is 2.05. The highest BCUT2D eigenvalue weighted by Crippen LogP contribution is 2.20. The molecular weight excluding hydrogens is 184 g/mol. The number of nitrogens with zero attached hydrogens (tertiary/aromatic N) is 1. The van der Waals surface area contributed by atoms with Crippen LogP contribution in [-0.4, -0.2) is 12.0 Å². The molecule has 1 unspecified atom stereocenters. The van der Waals surface area contributed by atoms with Gasteiger partial charge < -0.3 is 5.32 Å². The van der Waals surface area contributed by atoms with Gasteiger partial charge in [-0.3, -0.25) is 4.98 Å². The lowest BCUT2D eigenvalue weighted by atomic mass is 10.0. The van der Waals surface area contributed by atoms with E-state index in [1.165, 1.54) is 0 Å². The van der Waals surface area contributed by atoms with Crippen molar-refractivity contribution in [2.24, 2.45) is 0 Å². The largest absolute Gasteiger partial charge is 0.310 e. The van der Waals surface area contributed by atoms with E-state index in [1.807, 2.05) is 20.0 Å². The van der Waals surface area contributed by atoms with Crippen molar-refractivity contribution < 1.29 is 0 Å². The molecule has 1 aromatic heterocycles. The van der Waals surface area contributed by atoms with Crippen LogP contribution in [-0.2, 0) is 0 Å². The molecule has 0 radical (unpaired) electrons. The summed E-state index contributed by atoms with van der Waals surface area (Å²) >= 11 is 5.83. The SMILES string of the molecule is C=C(C)C(NC)c1cncc(Cl)c1. The highest BCUT2D eigenvalue weighted by Gasteiger charge is 2.09. The standard InChI is InChI=1S/C10H13ClN2/c1-7(2)10(12-3)8-4-9(11)6-13-5-8/h4-6,10,12H,1H2,2-3H3. The lowest BCUT2D eigenvalue weighted by Gasteiger charge is -2.15. The van der Waals surface area contributed by atoms with Crippen molar-refractivity contribution in [2.75, 3.05) is 7.05 Å². The predicted molar refractivity (Wildman–Crippen MR) is 55.9 cm³/mol. The fourth-order valence-electron chi connectivity index (χ4n) is 1.28. The van der Waals surface area contributed by atoms with Crippen molar-refractivity contribution in [3.8, 4) is 0 Å². The first-order valence-electron chi connectivity index (χ1n) is 4.08. The minimum Gasteiger partial charge on any atom is -0.310 e. The minimum atomic E-state index is 0.131. The quantitative estimate of drug-likeness (QED) is 0.752. The normalized spacial score (nSPS) is 12.5. The molecule has 0 aliphatic heterocycles. The predicted octanol–water partition coefficient (Wildman–Crippen LogP) is 2.57. The maximum absolute atomic E-state index is 5.83. The average molecular weight is 197 g/mol. The van der Waals surface area contributed by atoms with Crippen LogP contribution in [0.5, 0.6) is 0 Å². The van der Waals surface area contributed by atoms with Gasteiger partial charge in [0.25, 0.3) is 0 Å². The Morgan fingerprint density at radius 1 is 1.62 bits per heavy atom. The highest BCUT2D eigenvalue weighted by molar-refractivity contribution is 6.30. The summed E-state index contributed by atoms with van der Waals surface area (Å²) < 4.78 is 0.